The fraction of sp³-hybridized carbons (Fsp3) is 0. The average Bonchev–Trinajstić information content (AvgIpc) is 2.95. The monoisotopic (exact) mass is 454 g/mol. The summed E-state index contributed by atoms with van der Waals surface area (Å²) in [6.45, 7) is 0. The van der Waals surface area contributed by atoms with Gasteiger partial charge in [-0.2, -0.15) is 0 Å². The third-order valence-electron chi connectivity index (χ3n) is 7.79. The molecule has 0 heterocycles. The molecule has 0 aromatic heterocycles. The van der Waals surface area contributed by atoms with Crippen molar-refractivity contribution in [1.82, 2.24) is 0 Å². The van der Waals surface area contributed by atoms with E-state index in [1.54, 1.807) is 0 Å². The summed E-state index contributed by atoms with van der Waals surface area (Å²) in [6.07, 6.45) is 0. The Bertz CT molecular complexity index is 2080. The van der Waals surface area contributed by atoms with Crippen molar-refractivity contribution in [2.75, 3.05) is 0 Å². The van der Waals surface area contributed by atoms with Crippen LogP contribution in [-0.4, -0.2) is 0 Å². The Hall–Kier alpha value is -4.68. The van der Waals surface area contributed by atoms with Crippen molar-refractivity contribution in [1.29, 1.82) is 0 Å². The van der Waals surface area contributed by atoms with E-state index >= 15 is 0 Å². The molecule has 36 heavy (non-hydrogen) atoms. The van der Waals surface area contributed by atoms with Crippen LogP contribution in [0.15, 0.2) is 133 Å². The van der Waals surface area contributed by atoms with Crippen molar-refractivity contribution in [2.45, 2.75) is 0 Å². The molecule has 0 fully saturated rings. The van der Waals surface area contributed by atoms with Gasteiger partial charge in [0.05, 0.1) is 0 Å². The molecular weight excluding hydrogens is 432 g/mol. The molecule has 0 atom stereocenters. The zero-order valence-electron chi connectivity index (χ0n) is 19.7. The van der Waals surface area contributed by atoms with Crippen molar-refractivity contribution in [3.63, 3.8) is 0 Å². The van der Waals surface area contributed by atoms with Gasteiger partial charge in [0.15, 0.2) is 0 Å². The van der Waals surface area contributed by atoms with Crippen molar-refractivity contribution in [3.05, 3.63) is 133 Å². The highest BCUT2D eigenvalue weighted by Gasteiger charge is 2.18. The van der Waals surface area contributed by atoms with Gasteiger partial charge >= 0.3 is 0 Å². The summed E-state index contributed by atoms with van der Waals surface area (Å²) in [6, 6.07) is 48.9. The van der Waals surface area contributed by atoms with Gasteiger partial charge in [0.2, 0.25) is 0 Å². The van der Waals surface area contributed by atoms with Gasteiger partial charge in [0.25, 0.3) is 0 Å². The predicted octanol–water partition coefficient (Wildman–Crippen LogP) is 10.2. The van der Waals surface area contributed by atoms with Crippen molar-refractivity contribution < 1.29 is 0 Å². The zero-order chi connectivity index (χ0) is 23.6. The van der Waals surface area contributed by atoms with Crippen LogP contribution >= 0.6 is 0 Å². The number of fused-ring (bicyclic) bond motifs is 4. The van der Waals surface area contributed by atoms with Crippen LogP contribution < -0.4 is 0 Å². The lowest BCUT2D eigenvalue weighted by Crippen LogP contribution is -1.91. The summed E-state index contributed by atoms with van der Waals surface area (Å²) in [5.41, 5.74) is 5.07. The number of benzene rings is 8. The molecule has 0 unspecified atom stereocenters. The summed E-state index contributed by atoms with van der Waals surface area (Å²) in [4.78, 5) is 0. The number of rotatable bonds is 2. The molecule has 0 N–H and O–H groups in total. The van der Waals surface area contributed by atoms with Crippen LogP contribution in [0, 0.1) is 0 Å². The Morgan fingerprint density at radius 1 is 0.278 bits per heavy atom. The second-order valence-corrected chi connectivity index (χ2v) is 9.68. The third kappa shape index (κ3) is 2.64. The Morgan fingerprint density at radius 2 is 0.917 bits per heavy atom. The minimum Gasteiger partial charge on any atom is -0.0622 e. The van der Waals surface area contributed by atoms with Gasteiger partial charge in [0.1, 0.15) is 0 Å². The summed E-state index contributed by atoms with van der Waals surface area (Å²) in [7, 11) is 0. The maximum Gasteiger partial charge on any atom is -0.00141 e. The molecule has 0 radical (unpaired) electrons. The van der Waals surface area contributed by atoms with Crippen molar-refractivity contribution >= 4 is 53.9 Å². The molecule has 0 heteroatoms. The molecule has 0 aliphatic carbocycles. The lowest BCUT2D eigenvalue weighted by molar-refractivity contribution is 1.60. The topological polar surface area (TPSA) is 0 Å². The summed E-state index contributed by atoms with van der Waals surface area (Å²) >= 11 is 0. The normalized spacial score (nSPS) is 11.9. The van der Waals surface area contributed by atoms with Gasteiger partial charge in [-0.25, -0.2) is 0 Å². The molecule has 8 aromatic carbocycles. The summed E-state index contributed by atoms with van der Waals surface area (Å²) < 4.78 is 0. The molecule has 0 aliphatic rings. The van der Waals surface area contributed by atoms with E-state index in [0.29, 0.717) is 0 Å². The predicted molar refractivity (Wildman–Crippen MR) is 156 cm³/mol. The van der Waals surface area contributed by atoms with Crippen LogP contribution in [-0.2, 0) is 0 Å². The molecule has 0 nitrogen and oxygen atoms in total. The maximum atomic E-state index is 2.36. The zero-order valence-corrected chi connectivity index (χ0v) is 19.7. The Morgan fingerprint density at radius 3 is 1.81 bits per heavy atom. The first-order chi connectivity index (χ1) is 17.9. The van der Waals surface area contributed by atoms with Gasteiger partial charge in [-0.15, -0.1) is 0 Å². The van der Waals surface area contributed by atoms with Gasteiger partial charge in [-0.1, -0.05) is 127 Å². The Kier molecular flexibility index (Phi) is 4.03. The number of hydrogen-bond donors (Lipinski definition) is 0. The van der Waals surface area contributed by atoms with Gasteiger partial charge < -0.3 is 0 Å². The molecule has 0 spiro atoms. The molecule has 8 rings (SSSR count). The average molecular weight is 455 g/mol. The fourth-order valence-electron chi connectivity index (χ4n) is 6.29. The fourth-order valence-corrected chi connectivity index (χ4v) is 6.29. The van der Waals surface area contributed by atoms with E-state index in [2.05, 4.69) is 133 Å². The van der Waals surface area contributed by atoms with Crippen LogP contribution in [0.25, 0.3) is 76.1 Å². The standard InChI is InChI=1S/C36H22/c1-2-10-23(11-3-1)26-14-6-7-16-28(26)29-20-21-33-35-30(29)18-9-19-32(35)31-17-8-13-25-22-24-12-4-5-15-27(24)36(33)34(25)31/h1-22H. The largest absolute Gasteiger partial charge is 0.0622 e. The first-order valence-corrected chi connectivity index (χ1v) is 12.5. The molecular formula is C36H22. The minimum absolute atomic E-state index is 1.25. The Balaban J connectivity index is 1.57. The molecule has 8 aromatic rings. The quantitative estimate of drug-likeness (QED) is 0.180. The lowest BCUT2D eigenvalue weighted by Gasteiger charge is -2.19. The van der Waals surface area contributed by atoms with E-state index in [-0.39, 0.29) is 0 Å². The highest BCUT2D eigenvalue weighted by atomic mass is 14.2. The van der Waals surface area contributed by atoms with Gasteiger partial charge in [-0.05, 0) is 82.2 Å². The summed E-state index contributed by atoms with van der Waals surface area (Å²) in [5.74, 6) is 0. The molecule has 0 saturated carbocycles. The summed E-state index contributed by atoms with van der Waals surface area (Å²) in [5, 5.41) is 13.3. The van der Waals surface area contributed by atoms with E-state index in [1.807, 2.05) is 0 Å². The van der Waals surface area contributed by atoms with E-state index < -0.39 is 0 Å². The highest BCUT2D eigenvalue weighted by Crippen LogP contribution is 2.46. The van der Waals surface area contributed by atoms with Crippen molar-refractivity contribution in [3.8, 4) is 22.3 Å². The van der Waals surface area contributed by atoms with Crippen LogP contribution in [0.1, 0.15) is 0 Å². The minimum atomic E-state index is 1.25. The van der Waals surface area contributed by atoms with E-state index in [1.165, 1.54) is 76.1 Å². The molecule has 0 saturated heterocycles. The van der Waals surface area contributed by atoms with Gasteiger partial charge in [0, 0.05) is 0 Å². The molecule has 0 bridgehead atoms. The van der Waals surface area contributed by atoms with Crippen LogP contribution in [0.2, 0.25) is 0 Å². The number of hydrogen-bond acceptors (Lipinski definition) is 0. The molecule has 0 amide bonds. The molecule has 166 valence electrons. The first-order valence-electron chi connectivity index (χ1n) is 12.5. The van der Waals surface area contributed by atoms with Crippen LogP contribution in [0.5, 0.6) is 0 Å². The van der Waals surface area contributed by atoms with Crippen LogP contribution in [0.4, 0.5) is 0 Å². The first kappa shape index (κ1) is 19.6. The third-order valence-corrected chi connectivity index (χ3v) is 7.79. The second-order valence-electron chi connectivity index (χ2n) is 9.68. The SMILES string of the molecule is c1ccc(-c2ccccc2-c2ccc3c4c2cccc4c2cccc4cc5ccccc5c3c42)cc1. The smallest absolute Gasteiger partial charge is 0.00141 e. The van der Waals surface area contributed by atoms with E-state index in [4.69, 9.17) is 0 Å². The van der Waals surface area contributed by atoms with Crippen molar-refractivity contribution in [2.24, 2.45) is 0 Å². The van der Waals surface area contributed by atoms with E-state index in [0.717, 1.165) is 0 Å². The lowest BCUT2D eigenvalue weighted by atomic mass is 9.84. The van der Waals surface area contributed by atoms with Gasteiger partial charge in [-0.3, -0.25) is 0 Å². The van der Waals surface area contributed by atoms with E-state index in [9.17, 15) is 0 Å². The van der Waals surface area contributed by atoms with Crippen LogP contribution in [0.3, 0.4) is 0 Å². The maximum absolute atomic E-state index is 2.36. The second kappa shape index (κ2) is 7.41. The highest BCUT2D eigenvalue weighted by molar-refractivity contribution is 6.38. The Labute approximate surface area is 209 Å². The molecule has 0 aliphatic heterocycles.